The lowest BCUT2D eigenvalue weighted by Gasteiger charge is -2.27. The standard InChI is InChI=1S/C9H14F2N2/c1-3-5-12-7-8-13(6-4-2)9(12,10)11/h3-4H,1-2,5-8H2. The maximum absolute atomic E-state index is 13.4. The molecule has 0 atom stereocenters. The minimum Gasteiger partial charge on any atom is -0.225 e. The normalized spacial score (nSPS) is 23.2. The van der Waals surface area contributed by atoms with E-state index >= 15 is 0 Å². The largest absolute Gasteiger partial charge is 0.370 e. The van der Waals surface area contributed by atoms with Gasteiger partial charge in [-0.15, -0.1) is 13.2 Å². The lowest BCUT2D eigenvalue weighted by atomic mass is 10.5. The van der Waals surface area contributed by atoms with E-state index in [1.807, 2.05) is 0 Å². The Bertz CT molecular complexity index is 184. The minimum absolute atomic E-state index is 0.223. The van der Waals surface area contributed by atoms with E-state index in [0.717, 1.165) is 9.80 Å². The van der Waals surface area contributed by atoms with Gasteiger partial charge in [-0.25, -0.2) is 9.80 Å². The molecule has 4 heteroatoms. The molecule has 1 rings (SSSR count). The molecule has 1 aliphatic rings. The Kier molecular flexibility index (Phi) is 3.17. The number of nitrogens with zero attached hydrogens (tertiary/aromatic N) is 2. The fraction of sp³-hybridized carbons (Fsp3) is 0.556. The molecule has 0 aromatic carbocycles. The highest BCUT2D eigenvalue weighted by Crippen LogP contribution is 2.29. The molecule has 0 bridgehead atoms. The molecule has 1 heterocycles. The first-order valence-corrected chi connectivity index (χ1v) is 4.22. The van der Waals surface area contributed by atoms with Crippen LogP contribution in [0, 0.1) is 0 Å². The maximum atomic E-state index is 13.4. The Hall–Kier alpha value is -0.740. The number of halogens is 2. The second-order valence-corrected chi connectivity index (χ2v) is 2.98. The minimum atomic E-state index is -2.84. The molecule has 74 valence electrons. The number of rotatable bonds is 4. The van der Waals surface area contributed by atoms with Gasteiger partial charge in [0.15, 0.2) is 0 Å². The third-order valence-corrected chi connectivity index (χ3v) is 2.10. The summed E-state index contributed by atoms with van der Waals surface area (Å²) in [6, 6.07) is 0. The molecule has 0 aromatic heterocycles. The summed E-state index contributed by atoms with van der Waals surface area (Å²) < 4.78 is 26.8. The average Bonchev–Trinajstić information content (AvgIpc) is 2.33. The monoisotopic (exact) mass is 188 g/mol. The van der Waals surface area contributed by atoms with Crippen LogP contribution < -0.4 is 0 Å². The van der Waals surface area contributed by atoms with Crippen molar-refractivity contribution in [1.82, 2.24) is 9.80 Å². The molecule has 0 unspecified atom stereocenters. The van der Waals surface area contributed by atoms with Gasteiger partial charge in [-0.3, -0.25) is 0 Å². The third-order valence-electron chi connectivity index (χ3n) is 2.10. The number of alkyl halides is 2. The van der Waals surface area contributed by atoms with Gasteiger partial charge in [0, 0.05) is 26.2 Å². The first-order chi connectivity index (χ1) is 6.12. The summed E-state index contributed by atoms with van der Waals surface area (Å²) in [7, 11) is 0. The van der Waals surface area contributed by atoms with E-state index in [0.29, 0.717) is 13.1 Å². The molecule has 0 amide bonds. The quantitative estimate of drug-likeness (QED) is 0.487. The second kappa shape index (κ2) is 3.98. The van der Waals surface area contributed by atoms with Crippen LogP contribution in [0.15, 0.2) is 25.3 Å². The number of hydrogen-bond acceptors (Lipinski definition) is 2. The molecule has 13 heavy (non-hydrogen) atoms. The molecule has 2 nitrogen and oxygen atoms in total. The molecule has 0 saturated carbocycles. The Morgan fingerprint density at radius 2 is 1.46 bits per heavy atom. The predicted molar refractivity (Wildman–Crippen MR) is 48.5 cm³/mol. The summed E-state index contributed by atoms with van der Waals surface area (Å²) in [5.41, 5.74) is 0. The highest BCUT2D eigenvalue weighted by molar-refractivity contribution is 4.88. The molecular weight excluding hydrogens is 174 g/mol. The van der Waals surface area contributed by atoms with Crippen LogP contribution in [0.25, 0.3) is 0 Å². The first kappa shape index (κ1) is 10.3. The second-order valence-electron chi connectivity index (χ2n) is 2.98. The Labute approximate surface area is 77.1 Å². The smallest absolute Gasteiger partial charge is 0.225 e. The van der Waals surface area contributed by atoms with Crippen LogP contribution >= 0.6 is 0 Å². The van der Waals surface area contributed by atoms with Gasteiger partial charge in [-0.2, -0.15) is 8.78 Å². The van der Waals surface area contributed by atoms with E-state index in [-0.39, 0.29) is 13.1 Å². The zero-order valence-electron chi connectivity index (χ0n) is 7.55. The molecule has 0 N–H and O–H groups in total. The van der Waals surface area contributed by atoms with Crippen LogP contribution in [0.5, 0.6) is 0 Å². The van der Waals surface area contributed by atoms with E-state index < -0.39 is 6.17 Å². The van der Waals surface area contributed by atoms with E-state index in [4.69, 9.17) is 0 Å². The van der Waals surface area contributed by atoms with E-state index in [9.17, 15) is 8.78 Å². The summed E-state index contributed by atoms with van der Waals surface area (Å²) in [6.45, 7) is 8.10. The zero-order valence-corrected chi connectivity index (χ0v) is 7.55. The summed E-state index contributed by atoms with van der Waals surface area (Å²) in [4.78, 5) is 2.20. The highest BCUT2D eigenvalue weighted by atomic mass is 19.3. The van der Waals surface area contributed by atoms with E-state index in [2.05, 4.69) is 13.2 Å². The van der Waals surface area contributed by atoms with Crippen LogP contribution in [0.2, 0.25) is 0 Å². The highest BCUT2D eigenvalue weighted by Gasteiger charge is 2.47. The SMILES string of the molecule is C=CCN1CCN(CC=C)C1(F)F. The van der Waals surface area contributed by atoms with E-state index in [1.54, 1.807) is 0 Å². The Balaban J connectivity index is 2.63. The van der Waals surface area contributed by atoms with Crippen molar-refractivity contribution in [3.05, 3.63) is 25.3 Å². The Morgan fingerprint density at radius 3 is 1.77 bits per heavy atom. The third kappa shape index (κ3) is 1.95. The van der Waals surface area contributed by atoms with Gasteiger partial charge >= 0.3 is 6.17 Å². The van der Waals surface area contributed by atoms with Crippen molar-refractivity contribution >= 4 is 0 Å². The first-order valence-electron chi connectivity index (χ1n) is 4.22. The van der Waals surface area contributed by atoms with Crippen LogP contribution in [-0.4, -0.2) is 42.1 Å². The van der Waals surface area contributed by atoms with Crippen molar-refractivity contribution in [1.29, 1.82) is 0 Å². The summed E-state index contributed by atoms with van der Waals surface area (Å²) in [5, 5.41) is 0. The van der Waals surface area contributed by atoms with E-state index in [1.165, 1.54) is 12.2 Å². The van der Waals surface area contributed by atoms with Crippen molar-refractivity contribution < 1.29 is 8.78 Å². The van der Waals surface area contributed by atoms with Gasteiger partial charge in [0.05, 0.1) is 0 Å². The zero-order chi connectivity index (χ0) is 9.90. The Morgan fingerprint density at radius 1 is 1.08 bits per heavy atom. The van der Waals surface area contributed by atoms with Gasteiger partial charge in [-0.05, 0) is 0 Å². The number of hydrogen-bond donors (Lipinski definition) is 0. The molecule has 0 radical (unpaired) electrons. The van der Waals surface area contributed by atoms with Crippen LogP contribution in [0.3, 0.4) is 0 Å². The summed E-state index contributed by atoms with van der Waals surface area (Å²) in [6.07, 6.45) is 0.138. The van der Waals surface area contributed by atoms with Gasteiger partial charge < -0.3 is 0 Å². The molecule has 0 aromatic rings. The van der Waals surface area contributed by atoms with Gasteiger partial charge in [-0.1, -0.05) is 12.2 Å². The van der Waals surface area contributed by atoms with Crippen LogP contribution in [0.1, 0.15) is 0 Å². The summed E-state index contributed by atoms with van der Waals surface area (Å²) in [5.74, 6) is 0. The fourth-order valence-corrected chi connectivity index (χ4v) is 1.42. The molecular formula is C9H14F2N2. The molecule has 0 spiro atoms. The maximum Gasteiger partial charge on any atom is 0.370 e. The van der Waals surface area contributed by atoms with Gasteiger partial charge in [0.25, 0.3) is 0 Å². The fourth-order valence-electron chi connectivity index (χ4n) is 1.42. The molecule has 1 aliphatic heterocycles. The van der Waals surface area contributed by atoms with Crippen molar-refractivity contribution in [2.24, 2.45) is 0 Å². The average molecular weight is 188 g/mol. The lowest BCUT2D eigenvalue weighted by Crippen LogP contribution is -2.45. The van der Waals surface area contributed by atoms with Gasteiger partial charge in [0.2, 0.25) is 0 Å². The summed E-state index contributed by atoms with van der Waals surface area (Å²) >= 11 is 0. The van der Waals surface area contributed by atoms with Crippen LogP contribution in [0.4, 0.5) is 8.78 Å². The topological polar surface area (TPSA) is 6.48 Å². The molecule has 1 saturated heterocycles. The van der Waals surface area contributed by atoms with Gasteiger partial charge in [0.1, 0.15) is 0 Å². The lowest BCUT2D eigenvalue weighted by molar-refractivity contribution is -0.203. The van der Waals surface area contributed by atoms with Crippen molar-refractivity contribution in [3.63, 3.8) is 0 Å². The molecule has 0 aliphatic carbocycles. The predicted octanol–water partition coefficient (Wildman–Crippen LogP) is 1.53. The van der Waals surface area contributed by atoms with Crippen molar-refractivity contribution in [2.75, 3.05) is 26.2 Å². The van der Waals surface area contributed by atoms with Crippen molar-refractivity contribution in [3.8, 4) is 0 Å². The molecule has 1 fully saturated rings. The van der Waals surface area contributed by atoms with Crippen molar-refractivity contribution in [2.45, 2.75) is 6.17 Å². The van der Waals surface area contributed by atoms with Crippen LogP contribution in [-0.2, 0) is 0 Å².